The maximum atomic E-state index is 12.3. The minimum atomic E-state index is -0.538. The quantitative estimate of drug-likeness (QED) is 0.656. The fraction of sp³-hybridized carbons (Fsp3) is 0.200. The van der Waals surface area contributed by atoms with E-state index in [2.05, 4.69) is 9.73 Å². The van der Waals surface area contributed by atoms with E-state index in [-0.39, 0.29) is 16.4 Å². The van der Waals surface area contributed by atoms with E-state index in [1.54, 1.807) is 6.07 Å². The van der Waals surface area contributed by atoms with Crippen LogP contribution in [0, 0.1) is 10.9 Å². The lowest BCUT2D eigenvalue weighted by atomic mass is 10.1. The van der Waals surface area contributed by atoms with Crippen LogP contribution in [0.1, 0.15) is 10.4 Å². The normalized spacial score (nSPS) is 13.0. The van der Waals surface area contributed by atoms with Crippen molar-refractivity contribution in [2.45, 2.75) is 13.5 Å². The number of aromatic nitrogens is 1. The number of benzene rings is 1. The van der Waals surface area contributed by atoms with Gasteiger partial charge in [-0.3, -0.25) is 14.2 Å². The van der Waals surface area contributed by atoms with Gasteiger partial charge >= 0.3 is 5.97 Å². The van der Waals surface area contributed by atoms with E-state index in [0.717, 1.165) is 16.9 Å². The van der Waals surface area contributed by atoms with Gasteiger partial charge in [0.2, 0.25) is 5.88 Å². The topological polar surface area (TPSA) is 80.9 Å². The fourth-order valence-electron chi connectivity index (χ4n) is 2.34. The highest BCUT2D eigenvalue weighted by molar-refractivity contribution is 7.73. The first-order valence-electron chi connectivity index (χ1n) is 6.66. The number of carbonyl (C=O) groups is 2. The first-order chi connectivity index (χ1) is 10.9. The number of methoxy groups -OCH3 is 1. The average molecular weight is 348 g/mol. The molecule has 118 valence electrons. The smallest absolute Gasteiger partial charge is 0.325 e. The Kier molecular flexibility index (Phi) is 3.87. The van der Waals surface area contributed by atoms with Crippen molar-refractivity contribution < 1.29 is 19.4 Å². The Bertz CT molecular complexity index is 1020. The van der Waals surface area contributed by atoms with Gasteiger partial charge in [0, 0.05) is 5.22 Å². The van der Waals surface area contributed by atoms with Crippen molar-refractivity contribution in [1.29, 1.82) is 0 Å². The summed E-state index contributed by atoms with van der Waals surface area (Å²) < 4.78 is 6.11. The van der Waals surface area contributed by atoms with Crippen LogP contribution in [0.4, 0.5) is 0 Å². The van der Waals surface area contributed by atoms with Crippen LogP contribution in [0.5, 0.6) is 5.88 Å². The Hall–Kier alpha value is -2.32. The second-order valence-electron chi connectivity index (χ2n) is 5.00. The summed E-state index contributed by atoms with van der Waals surface area (Å²) >= 11 is 6.25. The maximum absolute atomic E-state index is 12.3. The molecule has 0 spiro atoms. The standard InChI is InChI=1S/C15H12N2O4S2/c1-7-3-4-9-8(5-7)11(13(19)16-9)12-14(20)17(15(22)23-12)6-10(18)21-2/h3-5,20H,6H2,1-2H3. The number of ether oxygens (including phenoxy) is 1. The molecule has 0 atom stereocenters. The zero-order chi connectivity index (χ0) is 16.7. The highest BCUT2D eigenvalue weighted by Gasteiger charge is 2.25. The summed E-state index contributed by atoms with van der Waals surface area (Å²) in [6, 6.07) is 5.46. The lowest BCUT2D eigenvalue weighted by Crippen LogP contribution is -2.23. The molecule has 8 heteroatoms. The van der Waals surface area contributed by atoms with E-state index >= 15 is 0 Å². The first-order valence-corrected chi connectivity index (χ1v) is 7.88. The van der Waals surface area contributed by atoms with Gasteiger partial charge in [-0.25, -0.2) is 4.99 Å². The number of aryl methyl sites for hydroxylation is 1. The molecule has 1 amide bonds. The Morgan fingerprint density at radius 1 is 1.48 bits per heavy atom. The van der Waals surface area contributed by atoms with Crippen LogP contribution in [0.25, 0.3) is 5.57 Å². The minimum Gasteiger partial charge on any atom is -0.493 e. The van der Waals surface area contributed by atoms with Crippen molar-refractivity contribution in [1.82, 2.24) is 4.57 Å². The molecule has 0 unspecified atom stereocenters. The number of thiazole rings is 1. The van der Waals surface area contributed by atoms with Crippen LogP contribution in [-0.4, -0.2) is 28.7 Å². The molecule has 23 heavy (non-hydrogen) atoms. The molecule has 0 fully saturated rings. The second kappa shape index (κ2) is 5.71. The summed E-state index contributed by atoms with van der Waals surface area (Å²) in [5.41, 5.74) is 1.28. The molecule has 2 aromatic rings. The van der Waals surface area contributed by atoms with Crippen molar-refractivity contribution in [3.8, 4) is 5.88 Å². The van der Waals surface area contributed by atoms with Gasteiger partial charge in [0.1, 0.15) is 11.4 Å². The van der Waals surface area contributed by atoms with Crippen LogP contribution in [-0.2, 0) is 20.9 Å². The van der Waals surface area contributed by atoms with Crippen molar-refractivity contribution in [2.75, 3.05) is 7.11 Å². The number of nitrogens with zero attached hydrogens (tertiary/aromatic N) is 2. The van der Waals surface area contributed by atoms with E-state index in [0.29, 0.717) is 21.0 Å². The largest absolute Gasteiger partial charge is 0.493 e. The number of esters is 1. The Morgan fingerprint density at radius 2 is 2.22 bits per heavy atom. The number of hydrogen-bond donors (Lipinski definition) is 1. The Morgan fingerprint density at radius 3 is 2.91 bits per heavy atom. The summed E-state index contributed by atoms with van der Waals surface area (Å²) in [4.78, 5) is 28.0. The molecule has 0 bridgehead atoms. The van der Waals surface area contributed by atoms with Crippen LogP contribution < -0.4 is 10.6 Å². The highest BCUT2D eigenvalue weighted by atomic mass is 32.1. The van der Waals surface area contributed by atoms with E-state index in [4.69, 9.17) is 12.2 Å². The number of carbonyl (C=O) groups excluding carboxylic acids is 2. The number of hydrogen-bond acceptors (Lipinski definition) is 6. The monoisotopic (exact) mass is 348 g/mol. The van der Waals surface area contributed by atoms with Crippen molar-refractivity contribution in [3.05, 3.63) is 43.2 Å². The third kappa shape index (κ3) is 2.60. The van der Waals surface area contributed by atoms with Gasteiger partial charge in [-0.2, -0.15) is 0 Å². The molecule has 0 saturated heterocycles. The molecular weight excluding hydrogens is 336 g/mol. The van der Waals surface area contributed by atoms with Crippen LogP contribution in [0.15, 0.2) is 23.2 Å². The van der Waals surface area contributed by atoms with E-state index < -0.39 is 11.9 Å². The lowest BCUT2D eigenvalue weighted by Gasteiger charge is -2.03. The number of fused-ring (bicyclic) bond motifs is 1. The number of rotatable bonds is 3. The van der Waals surface area contributed by atoms with Crippen molar-refractivity contribution in [2.24, 2.45) is 4.99 Å². The van der Waals surface area contributed by atoms with Crippen molar-refractivity contribution in [3.63, 3.8) is 0 Å². The fourth-order valence-corrected chi connectivity index (χ4v) is 3.68. The van der Waals surface area contributed by atoms with Crippen LogP contribution in [0.2, 0.25) is 0 Å². The van der Waals surface area contributed by atoms with Crippen LogP contribution in [0.3, 0.4) is 0 Å². The molecule has 6 nitrogen and oxygen atoms in total. The highest BCUT2D eigenvalue weighted by Crippen LogP contribution is 2.32. The summed E-state index contributed by atoms with van der Waals surface area (Å²) in [7, 11) is 1.25. The van der Waals surface area contributed by atoms with Gasteiger partial charge in [-0.15, -0.1) is 11.3 Å². The molecule has 1 aromatic carbocycles. The SMILES string of the molecule is COC(=O)Cn1c(O)c(C2=c3cc(C)ccc3=NC2=O)sc1=S. The second-order valence-corrected chi connectivity index (χ2v) is 6.64. The molecule has 1 aliphatic rings. The van der Waals surface area contributed by atoms with Crippen LogP contribution >= 0.6 is 23.6 Å². The Balaban J connectivity index is 2.25. The summed E-state index contributed by atoms with van der Waals surface area (Å²) in [5.74, 6) is -1.19. The van der Waals surface area contributed by atoms with Gasteiger partial charge in [-0.1, -0.05) is 11.6 Å². The molecule has 1 N–H and O–H groups in total. The summed E-state index contributed by atoms with van der Waals surface area (Å²) in [5, 5.41) is 11.6. The summed E-state index contributed by atoms with van der Waals surface area (Å²) in [6.45, 7) is 1.70. The third-order valence-electron chi connectivity index (χ3n) is 3.47. The number of amides is 1. The average Bonchev–Trinajstić information content (AvgIpc) is 2.97. The van der Waals surface area contributed by atoms with E-state index in [9.17, 15) is 14.7 Å². The predicted octanol–water partition coefficient (Wildman–Crippen LogP) is 0.825. The maximum Gasteiger partial charge on any atom is 0.325 e. The molecular formula is C15H12N2O4S2. The van der Waals surface area contributed by atoms with Gasteiger partial charge in [0.05, 0.1) is 18.0 Å². The molecule has 2 heterocycles. The molecule has 0 aliphatic carbocycles. The summed E-state index contributed by atoms with van der Waals surface area (Å²) in [6.07, 6.45) is 0. The first kappa shape index (κ1) is 15.6. The van der Waals surface area contributed by atoms with Gasteiger partial charge in [0.25, 0.3) is 5.91 Å². The molecule has 0 saturated carbocycles. The zero-order valence-corrected chi connectivity index (χ0v) is 14.0. The van der Waals surface area contributed by atoms with Crippen molar-refractivity contribution >= 4 is 41.0 Å². The van der Waals surface area contributed by atoms with Gasteiger partial charge in [-0.05, 0) is 31.3 Å². The third-order valence-corrected chi connectivity index (χ3v) is 4.92. The van der Waals surface area contributed by atoms with E-state index in [1.807, 2.05) is 19.1 Å². The lowest BCUT2D eigenvalue weighted by molar-refractivity contribution is -0.141. The zero-order valence-electron chi connectivity index (χ0n) is 12.3. The molecule has 3 rings (SSSR count). The Labute approximate surface area is 140 Å². The predicted molar refractivity (Wildman–Crippen MR) is 86.3 cm³/mol. The van der Waals surface area contributed by atoms with Gasteiger partial charge in [0.15, 0.2) is 3.95 Å². The molecule has 1 aromatic heterocycles. The molecule has 1 aliphatic heterocycles. The minimum absolute atomic E-state index is 0.211. The molecule has 0 radical (unpaired) electrons. The number of aromatic hydroxyl groups is 1. The van der Waals surface area contributed by atoms with E-state index in [1.165, 1.54) is 11.7 Å². The van der Waals surface area contributed by atoms with Gasteiger partial charge < -0.3 is 9.84 Å².